The summed E-state index contributed by atoms with van der Waals surface area (Å²) in [4.78, 5) is 0. The molecule has 0 radical (unpaired) electrons. The van der Waals surface area contributed by atoms with E-state index in [9.17, 15) is 5.11 Å². The largest absolute Gasteiger partial charge is 0.394 e. The monoisotopic (exact) mass is 271 g/mol. The Morgan fingerprint density at radius 3 is 2.87 bits per heavy atom. The molecule has 1 aliphatic heterocycles. The Balaban J connectivity index is 2.36. The van der Waals surface area contributed by atoms with Crippen LogP contribution in [0.2, 0.25) is 0 Å². The summed E-state index contributed by atoms with van der Waals surface area (Å²) in [5.74, 6) is 0. The van der Waals surface area contributed by atoms with Crippen LogP contribution in [0, 0.1) is 0 Å². The van der Waals surface area contributed by atoms with Crippen LogP contribution in [0.1, 0.15) is 5.56 Å². The second-order valence-electron chi connectivity index (χ2n) is 3.70. The van der Waals surface area contributed by atoms with Crippen molar-refractivity contribution < 1.29 is 9.84 Å². The molecule has 2 rings (SSSR count). The van der Waals surface area contributed by atoms with Crippen molar-refractivity contribution in [3.63, 3.8) is 0 Å². The number of nitrogens with one attached hydrogen (secondary N) is 1. The van der Waals surface area contributed by atoms with Gasteiger partial charge in [-0.3, -0.25) is 0 Å². The van der Waals surface area contributed by atoms with Gasteiger partial charge in [0.15, 0.2) is 0 Å². The van der Waals surface area contributed by atoms with Crippen molar-refractivity contribution in [1.82, 2.24) is 5.32 Å². The minimum absolute atomic E-state index is 0.0373. The van der Waals surface area contributed by atoms with Crippen LogP contribution in [-0.4, -0.2) is 31.5 Å². The fourth-order valence-electron chi connectivity index (χ4n) is 1.87. The van der Waals surface area contributed by atoms with Gasteiger partial charge in [-0.1, -0.05) is 34.1 Å². The van der Waals surface area contributed by atoms with Crippen LogP contribution in [0.25, 0.3) is 0 Å². The third-order valence-electron chi connectivity index (χ3n) is 2.72. The predicted octanol–water partition coefficient (Wildman–Crippen LogP) is 1.26. The van der Waals surface area contributed by atoms with Crippen molar-refractivity contribution >= 4 is 15.9 Å². The Morgan fingerprint density at radius 2 is 2.27 bits per heavy atom. The number of morpholine rings is 1. The van der Waals surface area contributed by atoms with Gasteiger partial charge in [0, 0.05) is 11.0 Å². The second kappa shape index (κ2) is 4.61. The van der Waals surface area contributed by atoms with Crippen molar-refractivity contribution in [2.75, 3.05) is 26.4 Å². The van der Waals surface area contributed by atoms with Crippen LogP contribution < -0.4 is 5.32 Å². The summed E-state index contributed by atoms with van der Waals surface area (Å²) in [6, 6.07) is 7.90. The Bertz CT molecular complexity index is 337. The van der Waals surface area contributed by atoms with E-state index in [4.69, 9.17) is 4.74 Å². The van der Waals surface area contributed by atoms with Gasteiger partial charge in [0.05, 0.1) is 25.4 Å². The molecule has 4 heteroatoms. The summed E-state index contributed by atoms with van der Waals surface area (Å²) in [6.45, 7) is 2.01. The van der Waals surface area contributed by atoms with Gasteiger partial charge in [0.25, 0.3) is 0 Å². The highest BCUT2D eigenvalue weighted by Crippen LogP contribution is 2.29. The Labute approximate surface area is 97.6 Å². The van der Waals surface area contributed by atoms with Crippen molar-refractivity contribution in [1.29, 1.82) is 0 Å². The van der Waals surface area contributed by atoms with Gasteiger partial charge >= 0.3 is 0 Å². The summed E-state index contributed by atoms with van der Waals surface area (Å²) in [7, 11) is 0. The van der Waals surface area contributed by atoms with Gasteiger partial charge in [-0.05, 0) is 11.6 Å². The third-order valence-corrected chi connectivity index (χ3v) is 3.41. The number of benzene rings is 1. The SMILES string of the molecule is OCC1(c2ccccc2Br)COCCN1. The number of ether oxygens (including phenoxy) is 1. The van der Waals surface area contributed by atoms with E-state index < -0.39 is 5.54 Å². The lowest BCUT2D eigenvalue weighted by molar-refractivity contribution is -0.00366. The van der Waals surface area contributed by atoms with E-state index in [-0.39, 0.29) is 6.61 Å². The zero-order valence-electron chi connectivity index (χ0n) is 8.37. The first-order chi connectivity index (χ1) is 7.28. The molecule has 1 aliphatic rings. The predicted molar refractivity (Wildman–Crippen MR) is 61.7 cm³/mol. The molecule has 2 N–H and O–H groups in total. The van der Waals surface area contributed by atoms with E-state index in [1.165, 1.54) is 0 Å². The summed E-state index contributed by atoms with van der Waals surface area (Å²) >= 11 is 3.50. The normalized spacial score (nSPS) is 26.5. The molecule has 0 aliphatic carbocycles. The zero-order chi connectivity index (χ0) is 10.7. The second-order valence-corrected chi connectivity index (χ2v) is 4.55. The summed E-state index contributed by atoms with van der Waals surface area (Å²) < 4.78 is 6.44. The molecule has 1 unspecified atom stereocenters. The standard InChI is InChI=1S/C11H14BrNO2/c12-10-4-2-1-3-9(10)11(7-14)8-15-6-5-13-11/h1-4,13-14H,5-8H2. The Kier molecular flexibility index (Phi) is 3.41. The molecule has 0 aromatic heterocycles. The van der Waals surface area contributed by atoms with Gasteiger partial charge < -0.3 is 15.2 Å². The smallest absolute Gasteiger partial charge is 0.0917 e. The van der Waals surface area contributed by atoms with Crippen molar-refractivity contribution in [3.8, 4) is 0 Å². The van der Waals surface area contributed by atoms with Gasteiger partial charge in [-0.25, -0.2) is 0 Å². The van der Waals surface area contributed by atoms with E-state index >= 15 is 0 Å². The molecule has 1 heterocycles. The van der Waals surface area contributed by atoms with E-state index in [0.717, 1.165) is 16.6 Å². The zero-order valence-corrected chi connectivity index (χ0v) is 9.96. The highest BCUT2D eigenvalue weighted by atomic mass is 79.9. The average Bonchev–Trinajstić information content (AvgIpc) is 2.30. The number of hydrogen-bond acceptors (Lipinski definition) is 3. The number of aliphatic hydroxyl groups excluding tert-OH is 1. The van der Waals surface area contributed by atoms with Crippen LogP contribution in [-0.2, 0) is 10.3 Å². The lowest BCUT2D eigenvalue weighted by Gasteiger charge is -2.37. The first-order valence-corrected chi connectivity index (χ1v) is 5.76. The average molecular weight is 272 g/mol. The molecule has 1 aromatic carbocycles. The van der Waals surface area contributed by atoms with Crippen LogP contribution in [0.15, 0.2) is 28.7 Å². The Hall–Kier alpha value is -0.420. The number of hydrogen-bond donors (Lipinski definition) is 2. The summed E-state index contributed by atoms with van der Waals surface area (Å²) in [6.07, 6.45) is 0. The maximum Gasteiger partial charge on any atom is 0.0917 e. The molecule has 0 bridgehead atoms. The summed E-state index contributed by atoms with van der Waals surface area (Å²) in [5, 5.41) is 12.9. The van der Waals surface area contributed by atoms with Crippen molar-refractivity contribution in [2.24, 2.45) is 0 Å². The fourth-order valence-corrected chi connectivity index (χ4v) is 2.53. The van der Waals surface area contributed by atoms with Gasteiger partial charge in [0.2, 0.25) is 0 Å². The van der Waals surface area contributed by atoms with Crippen LogP contribution in [0.5, 0.6) is 0 Å². The highest BCUT2D eigenvalue weighted by Gasteiger charge is 2.35. The Morgan fingerprint density at radius 1 is 1.47 bits per heavy atom. The number of aliphatic hydroxyl groups is 1. The number of rotatable bonds is 2. The van der Waals surface area contributed by atoms with Gasteiger partial charge in [-0.15, -0.1) is 0 Å². The lowest BCUT2D eigenvalue weighted by Crippen LogP contribution is -2.54. The van der Waals surface area contributed by atoms with Crippen molar-refractivity contribution in [3.05, 3.63) is 34.3 Å². The first-order valence-electron chi connectivity index (χ1n) is 4.97. The third kappa shape index (κ3) is 2.08. The van der Waals surface area contributed by atoms with Crippen molar-refractivity contribution in [2.45, 2.75) is 5.54 Å². The van der Waals surface area contributed by atoms with E-state index in [1.807, 2.05) is 24.3 Å². The molecule has 1 aromatic rings. The molecule has 82 valence electrons. The molecule has 1 saturated heterocycles. The molecule has 15 heavy (non-hydrogen) atoms. The fraction of sp³-hybridized carbons (Fsp3) is 0.455. The molecule has 1 atom stereocenters. The molecule has 1 fully saturated rings. The minimum Gasteiger partial charge on any atom is -0.394 e. The summed E-state index contributed by atoms with van der Waals surface area (Å²) in [5.41, 5.74) is 0.588. The van der Waals surface area contributed by atoms with Crippen LogP contribution in [0.4, 0.5) is 0 Å². The number of halogens is 1. The van der Waals surface area contributed by atoms with E-state index in [2.05, 4.69) is 21.2 Å². The lowest BCUT2D eigenvalue weighted by atomic mass is 9.90. The van der Waals surface area contributed by atoms with Crippen LogP contribution in [0.3, 0.4) is 0 Å². The van der Waals surface area contributed by atoms with Gasteiger partial charge in [0.1, 0.15) is 0 Å². The molecular formula is C11H14BrNO2. The van der Waals surface area contributed by atoms with E-state index in [0.29, 0.717) is 13.2 Å². The maximum absolute atomic E-state index is 9.56. The first kappa shape index (κ1) is 11.1. The quantitative estimate of drug-likeness (QED) is 0.851. The molecule has 0 amide bonds. The minimum atomic E-state index is -0.460. The molecule has 0 spiro atoms. The molecule has 3 nitrogen and oxygen atoms in total. The highest BCUT2D eigenvalue weighted by molar-refractivity contribution is 9.10. The molecule has 0 saturated carbocycles. The van der Waals surface area contributed by atoms with Gasteiger partial charge in [-0.2, -0.15) is 0 Å². The van der Waals surface area contributed by atoms with Crippen LogP contribution >= 0.6 is 15.9 Å². The molecular weight excluding hydrogens is 258 g/mol. The van der Waals surface area contributed by atoms with E-state index in [1.54, 1.807) is 0 Å². The topological polar surface area (TPSA) is 41.5 Å². The maximum atomic E-state index is 9.56.